The highest BCUT2D eigenvalue weighted by Crippen LogP contribution is 2.24. The van der Waals surface area contributed by atoms with Crippen molar-refractivity contribution in [1.29, 1.82) is 0 Å². The first-order valence-electron chi connectivity index (χ1n) is 5.25. The van der Waals surface area contributed by atoms with Gasteiger partial charge in [-0.15, -0.1) is 0 Å². The number of nitrogens with one attached hydrogen (secondary N) is 1. The number of hydrazone groups is 1. The van der Waals surface area contributed by atoms with Gasteiger partial charge in [-0.3, -0.25) is 4.79 Å². The number of benzene rings is 1. The van der Waals surface area contributed by atoms with E-state index < -0.39 is 0 Å². The van der Waals surface area contributed by atoms with Gasteiger partial charge in [-0.1, -0.05) is 19.1 Å². The molecule has 0 aliphatic carbocycles. The lowest BCUT2D eigenvalue weighted by Gasteiger charge is -2.20. The van der Waals surface area contributed by atoms with Gasteiger partial charge in [0.1, 0.15) is 5.75 Å². The maximum atomic E-state index is 11.1. The van der Waals surface area contributed by atoms with Gasteiger partial charge in [-0.25, -0.2) is 5.43 Å². The van der Waals surface area contributed by atoms with Crippen LogP contribution in [0.5, 0.6) is 5.75 Å². The number of carbonyl (C=O) groups is 1. The number of hydrogen-bond donors (Lipinski definition) is 2. The van der Waals surface area contributed by atoms with E-state index in [9.17, 15) is 9.90 Å². The molecule has 0 saturated heterocycles. The van der Waals surface area contributed by atoms with E-state index in [1.165, 1.54) is 0 Å². The summed E-state index contributed by atoms with van der Waals surface area (Å²) >= 11 is 0. The van der Waals surface area contributed by atoms with E-state index in [0.29, 0.717) is 6.42 Å². The van der Waals surface area contributed by atoms with Gasteiger partial charge in [0, 0.05) is 17.9 Å². The Morgan fingerprint density at radius 2 is 2.25 bits per heavy atom. The Morgan fingerprint density at radius 3 is 2.94 bits per heavy atom. The van der Waals surface area contributed by atoms with Gasteiger partial charge in [-0.05, 0) is 18.6 Å². The molecule has 1 aromatic carbocycles. The zero-order valence-electron chi connectivity index (χ0n) is 9.32. The van der Waals surface area contributed by atoms with E-state index in [1.54, 1.807) is 12.1 Å². The number of amides is 1. The number of aromatic hydroxyl groups is 1. The summed E-state index contributed by atoms with van der Waals surface area (Å²) in [5.41, 5.74) is 4.99. The van der Waals surface area contributed by atoms with Gasteiger partial charge in [0.2, 0.25) is 5.91 Å². The van der Waals surface area contributed by atoms with Gasteiger partial charge in [-0.2, -0.15) is 5.10 Å². The molecule has 1 atom stereocenters. The molecule has 4 nitrogen and oxygen atoms in total. The van der Waals surface area contributed by atoms with Crippen molar-refractivity contribution in [2.45, 2.75) is 20.3 Å². The monoisotopic (exact) mass is 218 g/mol. The molecule has 4 heteroatoms. The first-order chi connectivity index (χ1) is 7.59. The molecule has 0 bridgehead atoms. The van der Waals surface area contributed by atoms with Crippen LogP contribution in [0.25, 0.3) is 0 Å². The average molecular weight is 218 g/mol. The Balaban J connectivity index is 2.45. The lowest BCUT2D eigenvalue weighted by Crippen LogP contribution is -2.32. The number of rotatable bonds is 1. The first-order valence-corrected chi connectivity index (χ1v) is 5.25. The minimum absolute atomic E-state index is 0.0611. The molecule has 2 rings (SSSR count). The smallest absolute Gasteiger partial charge is 0.240 e. The molecule has 16 heavy (non-hydrogen) atoms. The van der Waals surface area contributed by atoms with E-state index in [2.05, 4.69) is 10.5 Å². The van der Waals surface area contributed by atoms with Gasteiger partial charge < -0.3 is 5.11 Å². The lowest BCUT2D eigenvalue weighted by molar-refractivity contribution is -0.121. The van der Waals surface area contributed by atoms with E-state index >= 15 is 0 Å². The number of phenolic OH excluding ortho intramolecular Hbond substituents is 1. The second-order valence-electron chi connectivity index (χ2n) is 4.09. The number of carbonyl (C=O) groups excluding carboxylic acids is 1. The second kappa shape index (κ2) is 3.96. The third-order valence-corrected chi connectivity index (χ3v) is 2.84. The van der Waals surface area contributed by atoms with Crippen LogP contribution in [-0.2, 0) is 4.79 Å². The van der Waals surface area contributed by atoms with Gasteiger partial charge in [0.15, 0.2) is 0 Å². The molecule has 84 valence electrons. The zero-order valence-corrected chi connectivity index (χ0v) is 9.32. The van der Waals surface area contributed by atoms with Crippen LogP contribution < -0.4 is 5.43 Å². The fourth-order valence-corrected chi connectivity index (χ4v) is 1.88. The van der Waals surface area contributed by atoms with Crippen molar-refractivity contribution in [2.75, 3.05) is 0 Å². The molecule has 0 radical (unpaired) electrons. The molecule has 1 amide bonds. The highest BCUT2D eigenvalue weighted by Gasteiger charge is 2.23. The van der Waals surface area contributed by atoms with Crippen molar-refractivity contribution in [3.8, 4) is 5.75 Å². The van der Waals surface area contributed by atoms with E-state index in [0.717, 1.165) is 16.8 Å². The number of hydrogen-bond acceptors (Lipinski definition) is 3. The summed E-state index contributed by atoms with van der Waals surface area (Å²) in [6.07, 6.45) is 0.438. The third-order valence-electron chi connectivity index (χ3n) is 2.84. The Kier molecular flexibility index (Phi) is 2.64. The SMILES string of the molecule is Cc1c(O)cccc1C1=NNC(=O)CC1C. The van der Waals surface area contributed by atoms with E-state index in [-0.39, 0.29) is 17.6 Å². The largest absolute Gasteiger partial charge is 0.508 e. The van der Waals surface area contributed by atoms with Crippen LogP contribution in [0.2, 0.25) is 0 Å². The maximum absolute atomic E-state index is 11.1. The highest BCUT2D eigenvalue weighted by atomic mass is 16.3. The predicted molar refractivity (Wildman–Crippen MR) is 61.3 cm³/mol. The minimum Gasteiger partial charge on any atom is -0.508 e. The Hall–Kier alpha value is -1.84. The predicted octanol–water partition coefficient (Wildman–Crippen LogP) is 1.56. The van der Waals surface area contributed by atoms with Gasteiger partial charge in [0.05, 0.1) is 5.71 Å². The molecule has 1 unspecified atom stereocenters. The molecule has 1 aliphatic rings. The maximum Gasteiger partial charge on any atom is 0.240 e. The topological polar surface area (TPSA) is 61.7 Å². The first kappa shape index (κ1) is 10.7. The summed E-state index contributed by atoms with van der Waals surface area (Å²) in [5.74, 6) is 0.271. The third kappa shape index (κ3) is 1.78. The zero-order chi connectivity index (χ0) is 11.7. The summed E-state index contributed by atoms with van der Waals surface area (Å²) in [4.78, 5) is 11.1. The van der Waals surface area contributed by atoms with Crippen molar-refractivity contribution in [2.24, 2.45) is 11.0 Å². The minimum atomic E-state index is -0.0611. The normalized spacial score (nSPS) is 20.2. The van der Waals surface area contributed by atoms with Crippen LogP contribution in [0.4, 0.5) is 0 Å². The summed E-state index contributed by atoms with van der Waals surface area (Å²) in [6.45, 7) is 3.80. The molecule has 1 heterocycles. The standard InChI is InChI=1S/C12H14N2O2/c1-7-6-11(16)13-14-12(7)9-4-3-5-10(15)8(9)2/h3-5,7,15H,6H2,1-2H3,(H,13,16). The lowest BCUT2D eigenvalue weighted by atomic mass is 9.91. The van der Waals surface area contributed by atoms with Crippen molar-refractivity contribution in [3.05, 3.63) is 29.3 Å². The average Bonchev–Trinajstić information content (AvgIpc) is 2.23. The van der Waals surface area contributed by atoms with Crippen LogP contribution in [-0.4, -0.2) is 16.7 Å². The van der Waals surface area contributed by atoms with E-state index in [4.69, 9.17) is 0 Å². The summed E-state index contributed by atoms with van der Waals surface area (Å²) in [7, 11) is 0. The van der Waals surface area contributed by atoms with E-state index in [1.807, 2.05) is 19.9 Å². The Labute approximate surface area is 94.0 Å². The van der Waals surface area contributed by atoms with Crippen molar-refractivity contribution in [3.63, 3.8) is 0 Å². The molecule has 0 saturated carbocycles. The quantitative estimate of drug-likeness (QED) is 0.751. The Morgan fingerprint density at radius 1 is 1.50 bits per heavy atom. The second-order valence-corrected chi connectivity index (χ2v) is 4.09. The van der Waals surface area contributed by atoms with Crippen LogP contribution >= 0.6 is 0 Å². The highest BCUT2D eigenvalue weighted by molar-refractivity contribution is 6.06. The molecule has 0 spiro atoms. The van der Waals surface area contributed by atoms with Gasteiger partial charge >= 0.3 is 0 Å². The molecule has 1 aliphatic heterocycles. The van der Waals surface area contributed by atoms with Crippen LogP contribution in [0.1, 0.15) is 24.5 Å². The van der Waals surface area contributed by atoms with Crippen LogP contribution in [0, 0.1) is 12.8 Å². The molecular formula is C12H14N2O2. The van der Waals surface area contributed by atoms with Crippen LogP contribution in [0.15, 0.2) is 23.3 Å². The van der Waals surface area contributed by atoms with Crippen LogP contribution in [0.3, 0.4) is 0 Å². The summed E-state index contributed by atoms with van der Waals surface area (Å²) in [5, 5.41) is 13.7. The summed E-state index contributed by atoms with van der Waals surface area (Å²) in [6, 6.07) is 5.33. The fourth-order valence-electron chi connectivity index (χ4n) is 1.88. The molecule has 1 aromatic rings. The fraction of sp³-hybridized carbons (Fsp3) is 0.333. The molecule has 0 aromatic heterocycles. The molecule has 0 fully saturated rings. The van der Waals surface area contributed by atoms with Gasteiger partial charge in [0.25, 0.3) is 0 Å². The van der Waals surface area contributed by atoms with Crippen molar-refractivity contribution in [1.82, 2.24) is 5.43 Å². The number of phenols is 1. The van der Waals surface area contributed by atoms with Crippen molar-refractivity contribution >= 4 is 11.6 Å². The summed E-state index contributed by atoms with van der Waals surface area (Å²) < 4.78 is 0. The van der Waals surface area contributed by atoms with Crippen molar-refractivity contribution < 1.29 is 9.90 Å². The molecular weight excluding hydrogens is 204 g/mol. The molecule has 2 N–H and O–H groups in total. The Bertz CT molecular complexity index is 466. The number of nitrogens with zero attached hydrogens (tertiary/aromatic N) is 1.